The molecule has 0 unspecified atom stereocenters. The van der Waals surface area contributed by atoms with E-state index < -0.39 is 0 Å². The van der Waals surface area contributed by atoms with Crippen molar-refractivity contribution < 1.29 is 9.59 Å². The molecular weight excluding hydrogens is 336 g/mol. The number of aryl methyl sites for hydroxylation is 1. The van der Waals surface area contributed by atoms with Crippen LogP contribution in [-0.2, 0) is 11.2 Å². The molecule has 1 aromatic carbocycles. The Kier molecular flexibility index (Phi) is 7.73. The second-order valence-electron chi connectivity index (χ2n) is 8.20. The first-order valence-corrected chi connectivity index (χ1v) is 11.0. The van der Waals surface area contributed by atoms with Gasteiger partial charge in [-0.2, -0.15) is 0 Å². The SMILES string of the molecule is O=C1CCCc2cc(C(=O)NC3CCCCCCCCCCC3)ccc2N1. The van der Waals surface area contributed by atoms with Gasteiger partial charge in [0.25, 0.3) is 5.91 Å². The summed E-state index contributed by atoms with van der Waals surface area (Å²) in [7, 11) is 0. The summed E-state index contributed by atoms with van der Waals surface area (Å²) < 4.78 is 0. The van der Waals surface area contributed by atoms with E-state index >= 15 is 0 Å². The molecule has 1 aliphatic carbocycles. The van der Waals surface area contributed by atoms with Crippen LogP contribution in [0, 0.1) is 0 Å². The Labute approximate surface area is 163 Å². The molecule has 0 saturated heterocycles. The van der Waals surface area contributed by atoms with E-state index in [0.29, 0.717) is 6.42 Å². The van der Waals surface area contributed by atoms with E-state index in [9.17, 15) is 9.59 Å². The quantitative estimate of drug-likeness (QED) is 0.736. The van der Waals surface area contributed by atoms with Crippen LogP contribution in [0.1, 0.15) is 99.4 Å². The third-order valence-corrected chi connectivity index (χ3v) is 5.93. The van der Waals surface area contributed by atoms with Gasteiger partial charge in [-0.3, -0.25) is 9.59 Å². The molecule has 1 fully saturated rings. The van der Waals surface area contributed by atoms with E-state index in [2.05, 4.69) is 10.6 Å². The van der Waals surface area contributed by atoms with Gasteiger partial charge in [-0.1, -0.05) is 57.8 Å². The Morgan fingerprint density at radius 1 is 0.852 bits per heavy atom. The number of hydrogen-bond acceptors (Lipinski definition) is 2. The molecule has 2 amide bonds. The van der Waals surface area contributed by atoms with Crippen LogP contribution in [-0.4, -0.2) is 17.9 Å². The van der Waals surface area contributed by atoms with Crippen molar-refractivity contribution in [1.82, 2.24) is 5.32 Å². The van der Waals surface area contributed by atoms with Crippen molar-refractivity contribution in [3.05, 3.63) is 29.3 Å². The van der Waals surface area contributed by atoms with Gasteiger partial charge in [0.1, 0.15) is 0 Å². The van der Waals surface area contributed by atoms with E-state index in [1.54, 1.807) is 0 Å². The highest BCUT2D eigenvalue weighted by Crippen LogP contribution is 2.24. The van der Waals surface area contributed by atoms with Crippen LogP contribution in [0.25, 0.3) is 0 Å². The number of amides is 2. The van der Waals surface area contributed by atoms with E-state index in [4.69, 9.17) is 0 Å². The zero-order valence-electron chi connectivity index (χ0n) is 16.5. The molecule has 1 aromatic rings. The van der Waals surface area contributed by atoms with Gasteiger partial charge in [0, 0.05) is 23.7 Å². The topological polar surface area (TPSA) is 58.2 Å². The zero-order chi connectivity index (χ0) is 18.9. The van der Waals surface area contributed by atoms with Gasteiger partial charge in [-0.25, -0.2) is 0 Å². The predicted molar refractivity (Wildman–Crippen MR) is 110 cm³/mol. The first-order chi connectivity index (χ1) is 13.2. The Morgan fingerprint density at radius 3 is 2.15 bits per heavy atom. The maximum Gasteiger partial charge on any atom is 0.251 e. The molecule has 0 atom stereocenters. The minimum absolute atomic E-state index is 0.0328. The van der Waals surface area contributed by atoms with Gasteiger partial charge in [-0.05, 0) is 49.4 Å². The third kappa shape index (κ3) is 6.37. The van der Waals surface area contributed by atoms with Crippen LogP contribution in [0.15, 0.2) is 18.2 Å². The molecular formula is C23H34N2O2. The maximum absolute atomic E-state index is 12.8. The van der Waals surface area contributed by atoms with Crippen molar-refractivity contribution in [2.24, 2.45) is 0 Å². The van der Waals surface area contributed by atoms with Gasteiger partial charge < -0.3 is 10.6 Å². The number of hydrogen-bond donors (Lipinski definition) is 2. The highest BCUT2D eigenvalue weighted by Gasteiger charge is 2.17. The Hall–Kier alpha value is -1.84. The molecule has 0 aromatic heterocycles. The van der Waals surface area contributed by atoms with Crippen LogP contribution >= 0.6 is 0 Å². The van der Waals surface area contributed by atoms with Crippen molar-refractivity contribution >= 4 is 17.5 Å². The highest BCUT2D eigenvalue weighted by molar-refractivity contribution is 5.97. The van der Waals surface area contributed by atoms with Gasteiger partial charge in [0.05, 0.1) is 0 Å². The van der Waals surface area contributed by atoms with Crippen molar-refractivity contribution in [2.45, 2.75) is 95.9 Å². The van der Waals surface area contributed by atoms with Gasteiger partial charge >= 0.3 is 0 Å². The van der Waals surface area contributed by atoms with Crippen molar-refractivity contribution in [3.63, 3.8) is 0 Å². The second-order valence-corrected chi connectivity index (χ2v) is 8.20. The largest absolute Gasteiger partial charge is 0.349 e. The number of fused-ring (bicyclic) bond motifs is 1. The predicted octanol–water partition coefficient (Wildman–Crippen LogP) is 5.36. The number of anilines is 1. The molecule has 2 aliphatic rings. The number of carbonyl (C=O) groups excluding carboxylic acids is 2. The van der Waals surface area contributed by atoms with E-state index in [-0.39, 0.29) is 17.9 Å². The van der Waals surface area contributed by atoms with Crippen LogP contribution in [0.3, 0.4) is 0 Å². The maximum atomic E-state index is 12.8. The van der Waals surface area contributed by atoms with E-state index in [0.717, 1.165) is 42.5 Å². The summed E-state index contributed by atoms with van der Waals surface area (Å²) in [5.74, 6) is 0.102. The van der Waals surface area contributed by atoms with E-state index in [1.165, 1.54) is 57.8 Å². The molecule has 1 aliphatic heterocycles. The fourth-order valence-electron chi connectivity index (χ4n) is 4.29. The molecule has 4 heteroatoms. The van der Waals surface area contributed by atoms with Gasteiger partial charge in [0.15, 0.2) is 0 Å². The van der Waals surface area contributed by atoms with Crippen LogP contribution in [0.2, 0.25) is 0 Å². The summed E-state index contributed by atoms with van der Waals surface area (Å²) in [6.07, 6.45) is 16.2. The van der Waals surface area contributed by atoms with Crippen molar-refractivity contribution in [3.8, 4) is 0 Å². The fraction of sp³-hybridized carbons (Fsp3) is 0.652. The molecule has 4 nitrogen and oxygen atoms in total. The molecule has 1 saturated carbocycles. The van der Waals surface area contributed by atoms with Gasteiger partial charge in [-0.15, -0.1) is 0 Å². The molecule has 148 valence electrons. The molecule has 2 N–H and O–H groups in total. The molecule has 1 heterocycles. The Balaban J connectivity index is 1.60. The lowest BCUT2D eigenvalue weighted by atomic mass is 9.97. The standard InChI is InChI=1S/C23H34N2O2/c26-22-14-10-11-18-17-19(15-16-21(18)25-22)23(27)24-20-12-8-6-4-2-1-3-5-7-9-13-20/h15-17,20H,1-14H2,(H,24,27)(H,25,26). The van der Waals surface area contributed by atoms with Crippen molar-refractivity contribution in [1.29, 1.82) is 0 Å². The second kappa shape index (κ2) is 10.5. The van der Waals surface area contributed by atoms with Gasteiger partial charge in [0.2, 0.25) is 5.91 Å². The molecule has 0 radical (unpaired) electrons. The molecule has 0 spiro atoms. The summed E-state index contributed by atoms with van der Waals surface area (Å²) in [5, 5.41) is 6.23. The monoisotopic (exact) mass is 370 g/mol. The molecule has 0 bridgehead atoms. The summed E-state index contributed by atoms with van der Waals surface area (Å²) in [6, 6.07) is 5.98. The first-order valence-electron chi connectivity index (χ1n) is 11.0. The summed E-state index contributed by atoms with van der Waals surface area (Å²) in [6.45, 7) is 0. The number of carbonyl (C=O) groups is 2. The first kappa shape index (κ1) is 19.9. The number of benzene rings is 1. The number of rotatable bonds is 2. The van der Waals surface area contributed by atoms with Crippen LogP contribution < -0.4 is 10.6 Å². The average molecular weight is 371 g/mol. The summed E-state index contributed by atoms with van der Waals surface area (Å²) in [5.41, 5.74) is 2.66. The normalized spacial score (nSPS) is 20.4. The number of nitrogens with one attached hydrogen (secondary N) is 2. The Bertz CT molecular complexity index is 629. The average Bonchev–Trinajstić information content (AvgIpc) is 2.83. The lowest BCUT2D eigenvalue weighted by molar-refractivity contribution is -0.116. The van der Waals surface area contributed by atoms with E-state index in [1.807, 2.05) is 18.2 Å². The third-order valence-electron chi connectivity index (χ3n) is 5.93. The molecule has 3 rings (SSSR count). The zero-order valence-corrected chi connectivity index (χ0v) is 16.5. The smallest absolute Gasteiger partial charge is 0.251 e. The lowest BCUT2D eigenvalue weighted by Gasteiger charge is -2.20. The summed E-state index contributed by atoms with van der Waals surface area (Å²) in [4.78, 5) is 24.5. The van der Waals surface area contributed by atoms with Crippen LogP contribution in [0.5, 0.6) is 0 Å². The lowest BCUT2D eigenvalue weighted by Crippen LogP contribution is -2.35. The highest BCUT2D eigenvalue weighted by atomic mass is 16.2. The minimum Gasteiger partial charge on any atom is -0.349 e. The fourth-order valence-corrected chi connectivity index (χ4v) is 4.29. The Morgan fingerprint density at radius 2 is 1.48 bits per heavy atom. The minimum atomic E-state index is 0.0328. The van der Waals surface area contributed by atoms with Crippen LogP contribution in [0.4, 0.5) is 5.69 Å². The molecule has 27 heavy (non-hydrogen) atoms. The summed E-state index contributed by atoms with van der Waals surface area (Å²) >= 11 is 0. The van der Waals surface area contributed by atoms with Crippen molar-refractivity contribution in [2.75, 3.05) is 5.32 Å².